The summed E-state index contributed by atoms with van der Waals surface area (Å²) < 4.78 is 0. The molecule has 4 aromatic rings. The van der Waals surface area contributed by atoms with Crippen LogP contribution in [-0.4, -0.2) is 16.0 Å². The summed E-state index contributed by atoms with van der Waals surface area (Å²) in [5.41, 5.74) is 5.02. The molecule has 9 heteroatoms. The molecule has 0 saturated carbocycles. The van der Waals surface area contributed by atoms with Crippen molar-refractivity contribution in [1.82, 2.24) is 9.97 Å². The highest BCUT2D eigenvalue weighted by molar-refractivity contribution is 6.34. The van der Waals surface area contributed by atoms with Gasteiger partial charge in [0.2, 0.25) is 5.95 Å². The fourth-order valence-electron chi connectivity index (χ4n) is 3.70. The van der Waals surface area contributed by atoms with Gasteiger partial charge in [0.15, 0.2) is 5.82 Å². The molecule has 0 fully saturated rings. The monoisotopic (exact) mass is 490 g/mol. The number of hydrogen-bond acceptors (Lipinski definition) is 5. The number of nitrogens with zero attached hydrogens (tertiary/aromatic N) is 2. The summed E-state index contributed by atoms with van der Waals surface area (Å²) in [7, 11) is 0. The molecule has 0 atom stereocenters. The van der Waals surface area contributed by atoms with Gasteiger partial charge >= 0.3 is 6.03 Å². The average Bonchev–Trinajstić information content (AvgIpc) is 2.83. The van der Waals surface area contributed by atoms with Crippen LogP contribution in [0.15, 0.2) is 72.9 Å². The molecule has 2 amide bonds. The predicted molar refractivity (Wildman–Crippen MR) is 138 cm³/mol. The third-order valence-corrected chi connectivity index (χ3v) is 5.95. The molecule has 6 bridgehead atoms. The Kier molecular flexibility index (Phi) is 6.20. The van der Waals surface area contributed by atoms with E-state index in [4.69, 9.17) is 23.2 Å². The van der Waals surface area contributed by atoms with Crippen LogP contribution in [0.25, 0.3) is 0 Å². The van der Waals surface area contributed by atoms with Crippen LogP contribution in [0.1, 0.15) is 11.1 Å². The van der Waals surface area contributed by atoms with E-state index in [0.29, 0.717) is 39.6 Å². The Morgan fingerprint density at radius 2 is 1.65 bits per heavy atom. The molecule has 34 heavy (non-hydrogen) atoms. The lowest BCUT2D eigenvalue weighted by molar-refractivity contribution is 0.262. The van der Waals surface area contributed by atoms with Crippen molar-refractivity contribution < 1.29 is 4.79 Å². The summed E-state index contributed by atoms with van der Waals surface area (Å²) in [6, 6.07) is 20.5. The fourth-order valence-corrected chi connectivity index (χ4v) is 4.02. The summed E-state index contributed by atoms with van der Waals surface area (Å²) in [6.45, 7) is 0. The highest BCUT2D eigenvalue weighted by atomic mass is 35.5. The van der Waals surface area contributed by atoms with Gasteiger partial charge in [-0.25, -0.2) is 9.78 Å². The molecule has 0 radical (unpaired) electrons. The van der Waals surface area contributed by atoms with E-state index in [1.165, 1.54) is 0 Å². The lowest BCUT2D eigenvalue weighted by Crippen LogP contribution is -2.20. The number of aromatic nitrogens is 2. The number of para-hydroxylation sites is 1. The van der Waals surface area contributed by atoms with Crippen LogP contribution in [-0.2, 0) is 12.8 Å². The second-order valence-corrected chi connectivity index (χ2v) is 8.59. The zero-order valence-electron chi connectivity index (χ0n) is 17.9. The van der Waals surface area contributed by atoms with E-state index in [-0.39, 0.29) is 6.03 Å². The quantitative estimate of drug-likeness (QED) is 0.242. The number of rotatable bonds is 2. The van der Waals surface area contributed by atoms with E-state index in [0.717, 1.165) is 28.9 Å². The second kappa shape index (κ2) is 9.59. The Morgan fingerprint density at radius 3 is 2.53 bits per heavy atom. The molecule has 1 aromatic heterocycles. The molecule has 0 unspecified atom stereocenters. The van der Waals surface area contributed by atoms with E-state index in [9.17, 15) is 4.79 Å². The van der Waals surface area contributed by atoms with Gasteiger partial charge in [0.05, 0.1) is 16.9 Å². The Hall–Kier alpha value is -3.81. The Bertz CT molecular complexity index is 1380. The van der Waals surface area contributed by atoms with Gasteiger partial charge in [-0.05, 0) is 66.4 Å². The van der Waals surface area contributed by atoms with Crippen molar-refractivity contribution in [3.8, 4) is 0 Å². The van der Waals surface area contributed by atoms with Gasteiger partial charge in [-0.15, -0.1) is 0 Å². The molecule has 170 valence electrons. The van der Waals surface area contributed by atoms with Crippen LogP contribution in [0.4, 0.5) is 39.3 Å². The number of carbonyl (C=O) groups is 1. The summed E-state index contributed by atoms with van der Waals surface area (Å²) in [4.78, 5) is 21.5. The van der Waals surface area contributed by atoms with Crippen molar-refractivity contribution in [2.75, 3.05) is 21.3 Å². The zero-order valence-corrected chi connectivity index (χ0v) is 19.4. The predicted octanol–water partition coefficient (Wildman–Crippen LogP) is 7.01. The smallest absolute Gasteiger partial charge is 0.323 e. The highest BCUT2D eigenvalue weighted by Crippen LogP contribution is 2.30. The maximum atomic E-state index is 12.7. The van der Waals surface area contributed by atoms with E-state index in [2.05, 4.69) is 43.4 Å². The van der Waals surface area contributed by atoms with Crippen LogP contribution in [0.5, 0.6) is 0 Å². The molecule has 2 heterocycles. The second-order valence-electron chi connectivity index (χ2n) is 7.77. The van der Waals surface area contributed by atoms with Gasteiger partial charge in [-0.2, -0.15) is 4.98 Å². The van der Waals surface area contributed by atoms with E-state index in [1.54, 1.807) is 18.3 Å². The standard InChI is InChI=1S/C25H20Cl2N6O/c26-19-6-1-2-7-22(19)32-25(34)31-21-11-10-18-13-16(21)9-8-15-4-3-5-17(12-15)30-24-28-14-20(27)23(29-18)33-24/h1-7,10-14H,8-9H2,(H2,31,32,34)(H2,28,29,30,33). The minimum atomic E-state index is -0.373. The van der Waals surface area contributed by atoms with Crippen LogP contribution < -0.4 is 21.3 Å². The molecular formula is C25H20Cl2N6O. The number of aryl methyl sites for hydroxylation is 2. The number of halogens is 2. The fraction of sp³-hybridized carbons (Fsp3) is 0.0800. The SMILES string of the molecule is O=C(Nc1ccccc1Cl)Nc1ccc2cc1CCc1cccc(c1)Nc1ncc(Cl)c(n1)N2. The van der Waals surface area contributed by atoms with E-state index < -0.39 is 0 Å². The van der Waals surface area contributed by atoms with Crippen molar-refractivity contribution in [3.05, 3.63) is 94.1 Å². The zero-order chi connectivity index (χ0) is 23.5. The molecule has 1 aliphatic rings. The van der Waals surface area contributed by atoms with Gasteiger partial charge in [0.25, 0.3) is 0 Å². The summed E-state index contributed by atoms with van der Waals surface area (Å²) >= 11 is 12.5. The number of urea groups is 1. The number of amides is 2. The number of fused-ring (bicyclic) bond motifs is 6. The van der Waals surface area contributed by atoms with E-state index >= 15 is 0 Å². The van der Waals surface area contributed by atoms with Crippen molar-refractivity contribution in [2.24, 2.45) is 0 Å². The van der Waals surface area contributed by atoms with Crippen LogP contribution in [0.2, 0.25) is 10.0 Å². The summed E-state index contributed by atoms with van der Waals surface area (Å²) in [5.74, 6) is 0.927. The van der Waals surface area contributed by atoms with Crippen LogP contribution >= 0.6 is 23.2 Å². The number of anilines is 6. The highest BCUT2D eigenvalue weighted by Gasteiger charge is 2.13. The van der Waals surface area contributed by atoms with Gasteiger partial charge in [-0.1, -0.05) is 47.5 Å². The van der Waals surface area contributed by atoms with Crippen molar-refractivity contribution in [2.45, 2.75) is 12.8 Å². The summed E-state index contributed by atoms with van der Waals surface area (Å²) in [6.07, 6.45) is 3.04. The van der Waals surface area contributed by atoms with Crippen LogP contribution in [0.3, 0.4) is 0 Å². The van der Waals surface area contributed by atoms with Crippen molar-refractivity contribution in [1.29, 1.82) is 0 Å². The van der Waals surface area contributed by atoms with Crippen molar-refractivity contribution >= 4 is 63.7 Å². The summed E-state index contributed by atoms with van der Waals surface area (Å²) in [5, 5.41) is 13.1. The van der Waals surface area contributed by atoms with Gasteiger partial charge in [0.1, 0.15) is 5.02 Å². The van der Waals surface area contributed by atoms with Gasteiger partial charge < -0.3 is 21.3 Å². The molecule has 7 nitrogen and oxygen atoms in total. The van der Waals surface area contributed by atoms with Crippen molar-refractivity contribution in [3.63, 3.8) is 0 Å². The third-order valence-electron chi connectivity index (χ3n) is 5.35. The molecule has 4 N–H and O–H groups in total. The molecular weight excluding hydrogens is 471 g/mol. The van der Waals surface area contributed by atoms with Crippen LogP contribution in [0, 0.1) is 0 Å². The maximum Gasteiger partial charge on any atom is 0.323 e. The first-order valence-corrected chi connectivity index (χ1v) is 11.4. The number of hydrogen-bond donors (Lipinski definition) is 4. The molecule has 3 aromatic carbocycles. The molecule has 0 saturated heterocycles. The lowest BCUT2D eigenvalue weighted by Gasteiger charge is -2.15. The largest absolute Gasteiger partial charge is 0.339 e. The Morgan fingerprint density at radius 1 is 0.824 bits per heavy atom. The lowest BCUT2D eigenvalue weighted by atomic mass is 10.0. The number of nitrogens with one attached hydrogen (secondary N) is 4. The molecule has 5 rings (SSSR count). The minimum absolute atomic E-state index is 0.373. The molecule has 1 aliphatic heterocycles. The normalized spacial score (nSPS) is 12.2. The minimum Gasteiger partial charge on any atom is -0.339 e. The van der Waals surface area contributed by atoms with Gasteiger partial charge in [0, 0.05) is 17.1 Å². The third kappa shape index (κ3) is 5.06. The number of benzene rings is 3. The Labute approximate surface area is 206 Å². The van der Waals surface area contributed by atoms with Gasteiger partial charge in [-0.3, -0.25) is 0 Å². The maximum absolute atomic E-state index is 12.7. The average molecular weight is 491 g/mol. The topological polar surface area (TPSA) is 91.0 Å². The molecule has 0 spiro atoms. The Balaban J connectivity index is 1.47. The first-order valence-electron chi connectivity index (χ1n) is 10.6. The number of carbonyl (C=O) groups excluding carboxylic acids is 1. The van der Waals surface area contributed by atoms with E-state index in [1.807, 2.05) is 42.5 Å². The first-order chi connectivity index (χ1) is 16.5. The first kappa shape index (κ1) is 22.0. The molecule has 0 aliphatic carbocycles.